The van der Waals surface area contributed by atoms with Gasteiger partial charge in [-0.15, -0.1) is 0 Å². The summed E-state index contributed by atoms with van der Waals surface area (Å²) < 4.78 is 63.7. The Balaban J connectivity index is 3.12. The molecule has 0 spiro atoms. The molecular weight excluding hydrogens is 348 g/mol. The molecule has 0 bridgehead atoms. The molecule has 6 N–H and O–H groups in total. The third-order valence-corrected chi connectivity index (χ3v) is 4.95. The molecule has 11 heteroatoms. The summed E-state index contributed by atoms with van der Waals surface area (Å²) in [5, 5.41) is -0.0700. The molecule has 2 aromatic rings. The number of carbonyl (C=O) groups is 1. The Morgan fingerprint density at radius 2 is 1.48 bits per heavy atom. The molecule has 0 aliphatic heterocycles. The average molecular weight is 360 g/mol. The molecule has 0 aliphatic rings. The Morgan fingerprint density at radius 3 is 1.91 bits per heavy atom. The summed E-state index contributed by atoms with van der Waals surface area (Å²) in [5.74, 6) is -0.606. The number of hydrogen-bond acceptors (Lipinski definition) is 7. The molecular formula is C12H12N2O7S2. The Labute approximate surface area is 131 Å². The fourth-order valence-electron chi connectivity index (χ4n) is 2.15. The average Bonchev–Trinajstić information content (AvgIpc) is 2.39. The lowest BCUT2D eigenvalue weighted by atomic mass is 10.00. The van der Waals surface area contributed by atoms with Gasteiger partial charge in [0.25, 0.3) is 20.2 Å². The van der Waals surface area contributed by atoms with Crippen molar-refractivity contribution < 1.29 is 30.7 Å². The van der Waals surface area contributed by atoms with Gasteiger partial charge in [-0.3, -0.25) is 13.9 Å². The van der Waals surface area contributed by atoms with E-state index < -0.39 is 41.5 Å². The van der Waals surface area contributed by atoms with Gasteiger partial charge in [0, 0.05) is 10.9 Å². The lowest BCUT2D eigenvalue weighted by Gasteiger charge is -2.13. The molecule has 124 valence electrons. The molecule has 23 heavy (non-hydrogen) atoms. The smallest absolute Gasteiger partial charge is 0.296 e. The number of rotatable bonds is 3. The van der Waals surface area contributed by atoms with Crippen LogP contribution in [0, 0.1) is 0 Å². The molecule has 0 saturated carbocycles. The van der Waals surface area contributed by atoms with E-state index in [2.05, 4.69) is 0 Å². The minimum Gasteiger partial charge on any atom is -0.397 e. The van der Waals surface area contributed by atoms with Gasteiger partial charge in [-0.2, -0.15) is 16.8 Å². The molecule has 0 aromatic heterocycles. The van der Waals surface area contributed by atoms with Crippen LogP contribution >= 0.6 is 0 Å². The molecule has 0 atom stereocenters. The second kappa shape index (κ2) is 5.16. The lowest BCUT2D eigenvalue weighted by Crippen LogP contribution is -2.09. The zero-order valence-electron chi connectivity index (χ0n) is 11.6. The van der Waals surface area contributed by atoms with Gasteiger partial charge in [-0.05, 0) is 30.5 Å². The number of anilines is 2. The van der Waals surface area contributed by atoms with Crippen molar-refractivity contribution in [3.63, 3.8) is 0 Å². The summed E-state index contributed by atoms with van der Waals surface area (Å²) in [6.07, 6.45) is 0. The van der Waals surface area contributed by atoms with Crippen LogP contribution in [0.25, 0.3) is 10.8 Å². The van der Waals surface area contributed by atoms with Crippen LogP contribution in [-0.4, -0.2) is 31.7 Å². The Bertz CT molecular complexity index is 1060. The van der Waals surface area contributed by atoms with E-state index in [1.165, 1.54) is 0 Å². The number of hydrogen-bond donors (Lipinski definition) is 4. The summed E-state index contributed by atoms with van der Waals surface area (Å²) in [6, 6.07) is 2.75. The number of Topliss-reactive ketones (excluding diaryl/α,β-unsaturated/α-hetero) is 1. The predicted octanol–water partition coefficient (Wildman–Crippen LogP) is 0.700. The van der Waals surface area contributed by atoms with Gasteiger partial charge >= 0.3 is 0 Å². The van der Waals surface area contributed by atoms with E-state index in [-0.39, 0.29) is 22.0 Å². The molecule has 2 aromatic carbocycles. The highest BCUT2D eigenvalue weighted by Crippen LogP contribution is 2.36. The van der Waals surface area contributed by atoms with Crippen molar-refractivity contribution in [3.05, 3.63) is 23.8 Å². The van der Waals surface area contributed by atoms with Crippen molar-refractivity contribution >= 4 is 48.2 Å². The van der Waals surface area contributed by atoms with Crippen LogP contribution in [0.1, 0.15) is 17.3 Å². The van der Waals surface area contributed by atoms with Crippen molar-refractivity contribution in [1.29, 1.82) is 0 Å². The van der Waals surface area contributed by atoms with Gasteiger partial charge in [0.2, 0.25) is 0 Å². The second-order valence-electron chi connectivity index (χ2n) is 4.77. The number of nitrogen functional groups attached to an aromatic ring is 2. The van der Waals surface area contributed by atoms with Crippen molar-refractivity contribution in [2.45, 2.75) is 16.7 Å². The molecule has 0 radical (unpaired) electrons. The summed E-state index contributed by atoms with van der Waals surface area (Å²) in [7, 11) is -9.35. The van der Waals surface area contributed by atoms with Crippen LogP contribution in [-0.2, 0) is 20.2 Å². The van der Waals surface area contributed by atoms with E-state index in [0.717, 1.165) is 25.1 Å². The highest BCUT2D eigenvalue weighted by atomic mass is 32.2. The molecule has 0 heterocycles. The summed E-state index contributed by atoms with van der Waals surface area (Å²) >= 11 is 0. The van der Waals surface area contributed by atoms with Crippen LogP contribution in [0.2, 0.25) is 0 Å². The largest absolute Gasteiger partial charge is 0.397 e. The first-order valence-corrected chi connectivity index (χ1v) is 8.83. The predicted molar refractivity (Wildman–Crippen MR) is 82.4 cm³/mol. The van der Waals surface area contributed by atoms with Crippen LogP contribution in [0.5, 0.6) is 0 Å². The van der Waals surface area contributed by atoms with Crippen LogP contribution in [0.15, 0.2) is 28.0 Å². The summed E-state index contributed by atoms with van der Waals surface area (Å²) in [6.45, 7) is 1.11. The van der Waals surface area contributed by atoms with E-state index in [1.54, 1.807) is 0 Å². The normalized spacial score (nSPS) is 12.5. The minimum absolute atomic E-state index is 0.0239. The van der Waals surface area contributed by atoms with Crippen LogP contribution in [0.3, 0.4) is 0 Å². The third kappa shape index (κ3) is 2.99. The maximum Gasteiger partial charge on any atom is 0.296 e. The molecule has 9 nitrogen and oxygen atoms in total. The Morgan fingerprint density at radius 1 is 0.913 bits per heavy atom. The number of benzene rings is 2. The topological polar surface area (TPSA) is 178 Å². The van der Waals surface area contributed by atoms with Gasteiger partial charge in [0.15, 0.2) is 5.78 Å². The second-order valence-corrected chi connectivity index (χ2v) is 7.59. The van der Waals surface area contributed by atoms with Gasteiger partial charge in [-0.25, -0.2) is 0 Å². The molecule has 0 unspecified atom stereocenters. The van der Waals surface area contributed by atoms with E-state index in [0.29, 0.717) is 0 Å². The van der Waals surface area contributed by atoms with Crippen molar-refractivity contribution in [1.82, 2.24) is 0 Å². The first-order chi connectivity index (χ1) is 10.3. The highest BCUT2D eigenvalue weighted by molar-refractivity contribution is 7.86. The van der Waals surface area contributed by atoms with Crippen molar-refractivity contribution in [2.75, 3.05) is 11.5 Å². The zero-order valence-corrected chi connectivity index (χ0v) is 13.3. The quantitative estimate of drug-likeness (QED) is 0.348. The number of carbonyl (C=O) groups excluding carboxylic acids is 1. The maximum atomic E-state index is 11.7. The summed E-state index contributed by atoms with van der Waals surface area (Å²) in [5.41, 5.74) is 10.2. The zero-order chi connectivity index (χ0) is 17.7. The van der Waals surface area contributed by atoms with Crippen molar-refractivity contribution in [3.8, 4) is 0 Å². The fraction of sp³-hybridized carbons (Fsp3) is 0.0833. The molecule has 0 fully saturated rings. The highest BCUT2D eigenvalue weighted by Gasteiger charge is 2.23. The van der Waals surface area contributed by atoms with Gasteiger partial charge < -0.3 is 11.5 Å². The fourth-order valence-corrected chi connectivity index (χ4v) is 3.33. The number of ketones is 1. The number of nitrogens with two attached hydrogens (primary N) is 2. The van der Waals surface area contributed by atoms with Gasteiger partial charge in [0.1, 0.15) is 4.90 Å². The first kappa shape index (κ1) is 17.1. The molecule has 0 saturated heterocycles. The minimum atomic E-state index is -4.71. The van der Waals surface area contributed by atoms with Crippen LogP contribution < -0.4 is 11.5 Å². The van der Waals surface area contributed by atoms with E-state index in [1.807, 2.05) is 0 Å². The summed E-state index contributed by atoms with van der Waals surface area (Å²) in [4.78, 5) is 10.4. The SMILES string of the molecule is CC(=O)c1cc(S(=O)(=O)O)cc2c(N)c(N)c(S(=O)(=O)O)cc12. The third-order valence-electron chi connectivity index (χ3n) is 3.23. The van der Waals surface area contributed by atoms with Gasteiger partial charge in [0.05, 0.1) is 16.3 Å². The Hall–Kier alpha value is -2.21. The van der Waals surface area contributed by atoms with E-state index in [9.17, 15) is 26.2 Å². The molecule has 0 aliphatic carbocycles. The molecule has 2 rings (SSSR count). The first-order valence-electron chi connectivity index (χ1n) is 5.95. The van der Waals surface area contributed by atoms with E-state index in [4.69, 9.17) is 16.0 Å². The Kier molecular flexibility index (Phi) is 3.85. The molecule has 0 amide bonds. The van der Waals surface area contributed by atoms with Crippen molar-refractivity contribution in [2.24, 2.45) is 0 Å². The van der Waals surface area contributed by atoms with E-state index >= 15 is 0 Å². The maximum absolute atomic E-state index is 11.7. The standard InChI is InChI=1S/C12H12N2O7S2/c1-5(15)7-2-6(22(16,17)18)3-9-8(7)4-10(23(19,20)21)12(14)11(9)13/h2-4H,13-14H2,1H3,(H,16,17,18)(H,19,20,21). The van der Waals surface area contributed by atoms with Crippen LogP contribution in [0.4, 0.5) is 11.4 Å². The monoisotopic (exact) mass is 360 g/mol. The lowest BCUT2D eigenvalue weighted by molar-refractivity contribution is 0.101. The number of fused-ring (bicyclic) bond motifs is 1. The van der Waals surface area contributed by atoms with Gasteiger partial charge in [-0.1, -0.05) is 0 Å².